The molecule has 0 spiro atoms. The first-order valence-corrected chi connectivity index (χ1v) is 25.2. The molecule has 19 nitrogen and oxygen atoms in total. The van der Waals surface area contributed by atoms with Crippen LogP contribution in [-0.4, -0.2) is 153 Å². The van der Waals surface area contributed by atoms with E-state index in [4.69, 9.17) is 20.0 Å². The molecule has 9 atom stereocenters. The van der Waals surface area contributed by atoms with Crippen LogP contribution in [0.25, 0.3) is 0 Å². The Labute approximate surface area is 427 Å². The molecule has 19 heteroatoms. The predicted octanol–water partition coefficient (Wildman–Crippen LogP) is 3.47. The number of nitrogens with two attached hydrogens (primary N) is 1. The Balaban J connectivity index is 1.74. The van der Waals surface area contributed by atoms with Gasteiger partial charge in [0.15, 0.2) is 0 Å². The summed E-state index contributed by atoms with van der Waals surface area (Å²) in [5.41, 5.74) is 10.5. The average molecular weight is 1010 g/mol. The zero-order valence-corrected chi connectivity index (χ0v) is 44.3. The predicted molar refractivity (Wildman–Crippen MR) is 277 cm³/mol. The lowest BCUT2D eigenvalue weighted by atomic mass is 9.89. The number of likely N-dealkylation sites (N-methyl/N-ethyl adjacent to an activating group) is 1. The molecule has 0 radical (unpaired) electrons. The zero-order valence-electron chi connectivity index (χ0n) is 44.3. The van der Waals surface area contributed by atoms with Gasteiger partial charge in [0.25, 0.3) is 5.91 Å². The molecule has 3 rings (SSSR count). The highest BCUT2D eigenvalue weighted by Crippen LogP contribution is 2.30. The lowest BCUT2D eigenvalue weighted by Crippen LogP contribution is -2.56. The van der Waals surface area contributed by atoms with Crippen LogP contribution < -0.4 is 32.5 Å². The number of hydroxylamine groups is 1. The Morgan fingerprint density at radius 3 is 2.14 bits per heavy atom. The molecule has 7 amide bonds. The van der Waals surface area contributed by atoms with E-state index < -0.39 is 66.1 Å². The van der Waals surface area contributed by atoms with Gasteiger partial charge in [-0.1, -0.05) is 95.2 Å². The zero-order chi connectivity index (χ0) is 53.5. The Morgan fingerprint density at radius 1 is 0.875 bits per heavy atom. The summed E-state index contributed by atoms with van der Waals surface area (Å²) in [6.45, 7) is 15.9. The van der Waals surface area contributed by atoms with Crippen LogP contribution in [0.15, 0.2) is 66.7 Å². The average Bonchev–Trinajstić information content (AvgIpc) is 3.84. The molecule has 0 aromatic heterocycles. The second-order valence-electron chi connectivity index (χ2n) is 19.0. The maximum absolute atomic E-state index is 14.5. The molecule has 7 N–H and O–H groups in total. The number of carbonyl (C=O) groups is 7. The van der Waals surface area contributed by atoms with E-state index >= 15 is 0 Å². The van der Waals surface area contributed by atoms with Crippen LogP contribution in [0.2, 0.25) is 0 Å². The third kappa shape index (κ3) is 18.4. The van der Waals surface area contributed by atoms with Crippen molar-refractivity contribution in [3.05, 3.63) is 77.9 Å². The van der Waals surface area contributed by atoms with E-state index in [0.29, 0.717) is 55.6 Å². The molecule has 1 saturated heterocycles. The molecule has 0 bridgehead atoms. The minimum absolute atomic E-state index is 0.0220. The van der Waals surface area contributed by atoms with Crippen molar-refractivity contribution in [2.45, 2.75) is 142 Å². The van der Waals surface area contributed by atoms with Gasteiger partial charge in [0.2, 0.25) is 35.4 Å². The fraction of sp³-hybridized carbons (Fsp3) is 0.604. The van der Waals surface area contributed by atoms with E-state index in [9.17, 15) is 33.6 Å². The molecule has 72 heavy (non-hydrogen) atoms. The summed E-state index contributed by atoms with van der Waals surface area (Å²) in [7, 11) is 6.61. The molecule has 1 heterocycles. The fourth-order valence-corrected chi connectivity index (χ4v) is 9.13. The van der Waals surface area contributed by atoms with Gasteiger partial charge < -0.3 is 46.3 Å². The monoisotopic (exact) mass is 1010 g/mol. The lowest BCUT2D eigenvalue weighted by Gasteiger charge is -2.41. The van der Waals surface area contributed by atoms with Crippen LogP contribution in [0.1, 0.15) is 97.6 Å². The second-order valence-corrected chi connectivity index (χ2v) is 19.0. The number of ether oxygens (including phenoxy) is 2. The van der Waals surface area contributed by atoms with Gasteiger partial charge in [-0.2, -0.15) is 0 Å². The third-order valence-electron chi connectivity index (χ3n) is 13.2. The molecule has 400 valence electrons. The van der Waals surface area contributed by atoms with Crippen molar-refractivity contribution < 1.29 is 47.9 Å². The Hall–Kier alpha value is -5.73. The van der Waals surface area contributed by atoms with Gasteiger partial charge in [-0.05, 0) is 76.4 Å². The molecule has 0 aliphatic carbocycles. The number of anilines is 1. The molecular weight excluding hydrogens is 923 g/mol. The van der Waals surface area contributed by atoms with E-state index in [1.165, 1.54) is 7.11 Å². The standard InChI is InChI=1S/C53H83N9O10/c1-12-14-28-62(46(65)32-55-53(69)47(34(3)4)60(8)9)48(35(5)13-2)43(70-10)31-45(64)61-29-18-21-42(61)49(71-11)36(6)50(66)58-41(30-38-19-16-15-17-20-38)52(68)59-72-33-39-22-24-40(25-23-39)57-51(67)37(7)56-44(63)26-27-54/h15-17,19-20,22-25,35-37,41-43,47-49H,3,12-14,18,21,26-33,54H2,1-2,4-11H3,(H,55,69)(H,56,63)(H,57,67)(H,58,66)(H,59,68). The van der Waals surface area contributed by atoms with Gasteiger partial charge in [-0.15, -0.1) is 0 Å². The first-order chi connectivity index (χ1) is 34.3. The number of carbonyl (C=O) groups excluding carboxylic acids is 7. The van der Waals surface area contributed by atoms with Crippen molar-refractivity contribution in [3.63, 3.8) is 0 Å². The van der Waals surface area contributed by atoms with Crippen molar-refractivity contribution in [2.75, 3.05) is 59.8 Å². The maximum Gasteiger partial charge on any atom is 0.266 e. The van der Waals surface area contributed by atoms with Crippen molar-refractivity contribution in [1.82, 2.24) is 36.1 Å². The molecule has 1 aliphatic heterocycles. The number of likely N-dealkylation sites (tertiary alicyclic amines) is 1. The molecule has 2 aromatic rings. The van der Waals surface area contributed by atoms with Crippen molar-refractivity contribution >= 4 is 47.0 Å². The van der Waals surface area contributed by atoms with Crippen LogP contribution in [0.4, 0.5) is 5.69 Å². The lowest BCUT2D eigenvalue weighted by molar-refractivity contribution is -0.147. The van der Waals surface area contributed by atoms with Crippen LogP contribution in [0.5, 0.6) is 0 Å². The van der Waals surface area contributed by atoms with E-state index in [-0.39, 0.29) is 68.5 Å². The highest BCUT2D eigenvalue weighted by molar-refractivity contribution is 5.97. The van der Waals surface area contributed by atoms with Gasteiger partial charge in [0.05, 0.1) is 49.8 Å². The quantitative estimate of drug-likeness (QED) is 0.0470. The number of methoxy groups -OCH3 is 2. The van der Waals surface area contributed by atoms with Gasteiger partial charge in [-0.3, -0.25) is 43.3 Å². The van der Waals surface area contributed by atoms with E-state index in [2.05, 4.69) is 33.3 Å². The Kier molecular flexibility index (Phi) is 26.1. The van der Waals surface area contributed by atoms with Crippen molar-refractivity contribution in [1.29, 1.82) is 0 Å². The molecule has 1 aliphatic rings. The first kappa shape index (κ1) is 60.6. The van der Waals surface area contributed by atoms with Crippen LogP contribution in [-0.2, 0) is 60.9 Å². The third-order valence-corrected chi connectivity index (χ3v) is 13.2. The number of benzene rings is 2. The maximum atomic E-state index is 14.5. The summed E-state index contributed by atoms with van der Waals surface area (Å²) < 4.78 is 12.1. The number of unbranched alkanes of at least 4 members (excludes halogenated alkanes) is 1. The summed E-state index contributed by atoms with van der Waals surface area (Å²) in [5, 5.41) is 11.1. The van der Waals surface area contributed by atoms with Gasteiger partial charge >= 0.3 is 0 Å². The highest BCUT2D eigenvalue weighted by atomic mass is 16.7. The minimum atomic E-state index is -1.04. The molecule has 2 aromatic carbocycles. The minimum Gasteiger partial charge on any atom is -0.379 e. The van der Waals surface area contributed by atoms with Crippen molar-refractivity contribution in [2.24, 2.45) is 17.6 Å². The number of amides is 7. The fourth-order valence-electron chi connectivity index (χ4n) is 9.13. The van der Waals surface area contributed by atoms with Gasteiger partial charge in [0.1, 0.15) is 18.1 Å². The van der Waals surface area contributed by atoms with Crippen LogP contribution >= 0.6 is 0 Å². The summed E-state index contributed by atoms with van der Waals surface area (Å²) in [6, 6.07) is 12.6. The van der Waals surface area contributed by atoms with Crippen LogP contribution in [0.3, 0.4) is 0 Å². The van der Waals surface area contributed by atoms with Gasteiger partial charge in [0, 0.05) is 52.4 Å². The topological polar surface area (TPSA) is 243 Å². The summed E-state index contributed by atoms with van der Waals surface area (Å²) in [4.78, 5) is 105. The number of hydrogen-bond donors (Lipinski definition) is 6. The van der Waals surface area contributed by atoms with E-state index in [1.54, 1.807) is 80.9 Å². The van der Waals surface area contributed by atoms with E-state index in [1.807, 2.05) is 51.1 Å². The normalized spacial score (nSPS) is 16.8. The SMILES string of the molecule is C=C(C)C(C(=O)NCC(=O)N(CCCC)C(C(C)CC)C(CC(=O)N1CCCC1C(OC)C(C)C(=O)NC(Cc1ccccc1)C(=O)NOCc1ccc(NC(=O)C(C)NC(=O)CCN)cc1)OC)N(C)C. The summed E-state index contributed by atoms with van der Waals surface area (Å²) in [6.07, 6.45) is 2.33. The first-order valence-electron chi connectivity index (χ1n) is 25.2. The Bertz CT molecular complexity index is 2070. The van der Waals surface area contributed by atoms with E-state index in [0.717, 1.165) is 12.0 Å². The number of rotatable bonds is 31. The Morgan fingerprint density at radius 2 is 1.56 bits per heavy atom. The number of nitrogens with zero attached hydrogens (tertiary/aromatic N) is 3. The highest BCUT2D eigenvalue weighted by Gasteiger charge is 2.43. The van der Waals surface area contributed by atoms with Crippen molar-refractivity contribution in [3.8, 4) is 0 Å². The largest absolute Gasteiger partial charge is 0.379 e. The summed E-state index contributed by atoms with van der Waals surface area (Å²) >= 11 is 0. The van der Waals surface area contributed by atoms with Gasteiger partial charge in [-0.25, -0.2) is 5.48 Å². The molecule has 9 unspecified atom stereocenters. The number of nitrogens with one attached hydrogen (secondary N) is 5. The summed E-state index contributed by atoms with van der Waals surface area (Å²) in [5.74, 6) is -3.41. The molecular formula is C53H83N9O10. The smallest absolute Gasteiger partial charge is 0.266 e. The molecule has 0 saturated carbocycles. The second kappa shape index (κ2) is 31.0. The molecule has 1 fully saturated rings. The van der Waals surface area contributed by atoms with Crippen LogP contribution in [0, 0.1) is 11.8 Å². The number of hydrogen-bond acceptors (Lipinski definition) is 12.